The van der Waals surface area contributed by atoms with E-state index >= 15 is 0 Å². The Morgan fingerprint density at radius 3 is 2.60 bits per heavy atom. The summed E-state index contributed by atoms with van der Waals surface area (Å²) in [5.74, 6) is 0. The quantitative estimate of drug-likeness (QED) is 0.431. The summed E-state index contributed by atoms with van der Waals surface area (Å²) >= 11 is 6.63. The first kappa shape index (κ1) is 29.6. The summed E-state index contributed by atoms with van der Waals surface area (Å²) in [7, 11) is 1.91. The van der Waals surface area contributed by atoms with Crippen LogP contribution in [0.3, 0.4) is 0 Å². The zero-order valence-corrected chi connectivity index (χ0v) is 25.5. The number of piperazine rings is 1. The summed E-state index contributed by atoms with van der Waals surface area (Å²) < 4.78 is 7.53. The second-order valence-corrected chi connectivity index (χ2v) is 12.0. The Labute approximate surface area is 251 Å². The van der Waals surface area contributed by atoms with E-state index in [-0.39, 0.29) is 18.2 Å². The normalized spacial score (nSPS) is 17.8. The first-order chi connectivity index (χ1) is 20.1. The van der Waals surface area contributed by atoms with Gasteiger partial charge in [-0.2, -0.15) is 0 Å². The van der Waals surface area contributed by atoms with Crippen LogP contribution in [-0.2, 0) is 11.8 Å². The molecule has 0 saturated carbocycles. The Morgan fingerprint density at radius 1 is 1.17 bits per heavy atom. The number of carbonyl (C=O) groups excluding carboxylic acids is 2. The van der Waals surface area contributed by atoms with Crippen LogP contribution in [-0.4, -0.2) is 74.8 Å². The van der Waals surface area contributed by atoms with Crippen molar-refractivity contribution in [1.29, 1.82) is 0 Å². The fraction of sp³-hybridized carbons (Fsp3) is 0.419. The average Bonchev–Trinajstić information content (AvgIpc) is 3.31. The van der Waals surface area contributed by atoms with Crippen LogP contribution in [0, 0.1) is 0 Å². The Bertz CT molecular complexity index is 1490. The van der Waals surface area contributed by atoms with Crippen molar-refractivity contribution in [3.8, 4) is 0 Å². The highest BCUT2D eigenvalue weighted by molar-refractivity contribution is 6.30. The van der Waals surface area contributed by atoms with Crippen molar-refractivity contribution < 1.29 is 14.3 Å². The minimum absolute atomic E-state index is 0.195. The van der Waals surface area contributed by atoms with Crippen LogP contribution in [0.15, 0.2) is 49.1 Å². The van der Waals surface area contributed by atoms with Gasteiger partial charge in [0.05, 0.1) is 36.0 Å². The third-order valence-corrected chi connectivity index (χ3v) is 7.70. The van der Waals surface area contributed by atoms with Gasteiger partial charge in [0.25, 0.3) is 0 Å². The van der Waals surface area contributed by atoms with E-state index in [9.17, 15) is 9.59 Å². The Morgan fingerprint density at radius 2 is 1.93 bits per heavy atom. The lowest BCUT2D eigenvalue weighted by atomic mass is 9.90. The number of halogens is 1. The molecule has 2 aromatic heterocycles. The predicted octanol–water partition coefficient (Wildman–Crippen LogP) is 5.03. The maximum atomic E-state index is 12.9. The number of aromatic nitrogens is 3. The summed E-state index contributed by atoms with van der Waals surface area (Å²) in [6.07, 6.45) is 7.10. The van der Waals surface area contributed by atoms with Crippen LogP contribution in [0.25, 0.3) is 11.6 Å². The van der Waals surface area contributed by atoms with E-state index in [1.807, 2.05) is 75.8 Å². The molecule has 2 N–H and O–H groups in total. The molecule has 0 bridgehead atoms. The van der Waals surface area contributed by atoms with Crippen LogP contribution in [0.1, 0.15) is 67.9 Å². The number of benzene rings is 1. The van der Waals surface area contributed by atoms with E-state index in [0.717, 1.165) is 33.7 Å². The van der Waals surface area contributed by atoms with Crippen LogP contribution < -0.4 is 10.6 Å². The number of amides is 3. The summed E-state index contributed by atoms with van der Waals surface area (Å²) in [5.41, 5.74) is 4.96. The standard InChI is InChI=1S/C31H38ClN7O3/c1-6-34-29(40)36-27(25-18-33-19-37(25)5)24-16-20-8-7-11-35-26(20)28(22-10-9-21(32)17-23(22)24)38-12-14-39(15-13-38)30(41)42-31(2,3)4/h7-11,16-19,27-28H,6,12-15H2,1-5H3,(H2,34,36,40)/t27-,28-/m0/s1. The number of aryl methyl sites for hydroxylation is 1. The number of hydrogen-bond donors (Lipinski definition) is 2. The summed E-state index contributed by atoms with van der Waals surface area (Å²) in [6, 6.07) is 8.88. The molecule has 0 spiro atoms. The Hall–Kier alpha value is -3.89. The number of imidazole rings is 1. The number of urea groups is 1. The largest absolute Gasteiger partial charge is 0.444 e. The maximum Gasteiger partial charge on any atom is 0.410 e. The average molecular weight is 592 g/mol. The highest BCUT2D eigenvalue weighted by Gasteiger charge is 2.36. The minimum Gasteiger partial charge on any atom is -0.444 e. The lowest BCUT2D eigenvalue weighted by Crippen LogP contribution is -2.51. The van der Waals surface area contributed by atoms with Gasteiger partial charge in [-0.1, -0.05) is 23.7 Å². The Kier molecular flexibility index (Phi) is 8.56. The van der Waals surface area contributed by atoms with E-state index in [2.05, 4.69) is 26.6 Å². The molecule has 1 aliphatic carbocycles. The molecule has 42 heavy (non-hydrogen) atoms. The van der Waals surface area contributed by atoms with Crippen LogP contribution in [0.5, 0.6) is 0 Å². The lowest BCUT2D eigenvalue weighted by molar-refractivity contribution is 0.0118. The minimum atomic E-state index is -0.550. The first-order valence-corrected chi connectivity index (χ1v) is 14.6. The Balaban J connectivity index is 1.58. The van der Waals surface area contributed by atoms with Crippen molar-refractivity contribution in [3.05, 3.63) is 82.2 Å². The van der Waals surface area contributed by atoms with Gasteiger partial charge in [-0.3, -0.25) is 9.88 Å². The third kappa shape index (κ3) is 6.29. The molecule has 0 unspecified atom stereocenters. The molecule has 3 heterocycles. The number of pyridine rings is 1. The molecule has 0 radical (unpaired) electrons. The van der Waals surface area contributed by atoms with Crippen molar-refractivity contribution in [1.82, 2.24) is 35.0 Å². The van der Waals surface area contributed by atoms with Gasteiger partial charge in [-0.15, -0.1) is 0 Å². The van der Waals surface area contributed by atoms with E-state index in [0.29, 0.717) is 37.7 Å². The van der Waals surface area contributed by atoms with Gasteiger partial charge in [0, 0.05) is 51.0 Å². The number of hydrogen-bond acceptors (Lipinski definition) is 6. The highest BCUT2D eigenvalue weighted by Crippen LogP contribution is 2.44. The second-order valence-electron chi connectivity index (χ2n) is 11.6. The molecule has 11 heteroatoms. The molecule has 10 nitrogen and oxygen atoms in total. The molecule has 1 aromatic carbocycles. The smallest absolute Gasteiger partial charge is 0.410 e. The van der Waals surface area contributed by atoms with Crippen molar-refractivity contribution in [2.75, 3.05) is 32.7 Å². The zero-order valence-electron chi connectivity index (χ0n) is 24.7. The zero-order chi connectivity index (χ0) is 30.0. The van der Waals surface area contributed by atoms with Gasteiger partial charge in [-0.05, 0) is 74.2 Å². The van der Waals surface area contributed by atoms with Gasteiger partial charge < -0.3 is 24.8 Å². The van der Waals surface area contributed by atoms with E-state index in [4.69, 9.17) is 21.3 Å². The summed E-state index contributed by atoms with van der Waals surface area (Å²) in [5, 5.41) is 6.62. The molecule has 222 valence electrons. The fourth-order valence-electron chi connectivity index (χ4n) is 5.59. The van der Waals surface area contributed by atoms with Gasteiger partial charge in [0.1, 0.15) is 5.60 Å². The lowest BCUT2D eigenvalue weighted by Gasteiger charge is -2.40. The molecular formula is C31H38ClN7O3. The first-order valence-electron chi connectivity index (χ1n) is 14.2. The molecule has 3 amide bonds. The van der Waals surface area contributed by atoms with Crippen LogP contribution in [0.4, 0.5) is 9.59 Å². The number of ether oxygens (including phenoxy) is 1. The number of nitrogens with one attached hydrogen (secondary N) is 2. The van der Waals surface area contributed by atoms with Gasteiger partial charge in [-0.25, -0.2) is 14.6 Å². The molecule has 1 saturated heterocycles. The maximum absolute atomic E-state index is 12.9. The molecule has 1 fully saturated rings. The number of nitrogens with zero attached hydrogens (tertiary/aromatic N) is 5. The van der Waals surface area contributed by atoms with E-state index < -0.39 is 11.6 Å². The van der Waals surface area contributed by atoms with Crippen molar-refractivity contribution >= 4 is 35.4 Å². The molecular weight excluding hydrogens is 554 g/mol. The highest BCUT2D eigenvalue weighted by atomic mass is 35.5. The number of carbonyl (C=O) groups is 2. The van der Waals surface area contributed by atoms with Crippen molar-refractivity contribution in [2.45, 2.75) is 45.4 Å². The fourth-order valence-corrected chi connectivity index (χ4v) is 5.76. The summed E-state index contributed by atoms with van der Waals surface area (Å²) in [6.45, 7) is 10.4. The summed E-state index contributed by atoms with van der Waals surface area (Å²) in [4.78, 5) is 39.0. The van der Waals surface area contributed by atoms with Crippen LogP contribution >= 0.6 is 11.6 Å². The number of rotatable bonds is 5. The SMILES string of the molecule is CCNC(=O)N[C@@H](C1=Cc2cccnc2[C@@H](N2CCN(C(=O)OC(C)(C)C)CC2)c2ccc(Cl)cc21)c1cncn1C. The number of fused-ring (bicyclic) bond motifs is 2. The van der Waals surface area contributed by atoms with Gasteiger partial charge in [0.15, 0.2) is 0 Å². The van der Waals surface area contributed by atoms with Gasteiger partial charge >= 0.3 is 12.1 Å². The molecule has 2 atom stereocenters. The van der Waals surface area contributed by atoms with Crippen LogP contribution in [0.2, 0.25) is 5.02 Å². The molecule has 1 aliphatic heterocycles. The van der Waals surface area contributed by atoms with E-state index in [1.54, 1.807) is 17.4 Å². The molecule has 3 aromatic rings. The van der Waals surface area contributed by atoms with Crippen molar-refractivity contribution in [3.63, 3.8) is 0 Å². The topological polar surface area (TPSA) is 105 Å². The van der Waals surface area contributed by atoms with Crippen molar-refractivity contribution in [2.24, 2.45) is 7.05 Å². The van der Waals surface area contributed by atoms with E-state index in [1.165, 1.54) is 0 Å². The van der Waals surface area contributed by atoms with Gasteiger partial charge in [0.2, 0.25) is 0 Å². The monoisotopic (exact) mass is 591 g/mol. The molecule has 2 aliphatic rings. The third-order valence-electron chi connectivity index (χ3n) is 7.47. The molecule has 5 rings (SSSR count). The second kappa shape index (κ2) is 12.1. The predicted molar refractivity (Wildman–Crippen MR) is 163 cm³/mol.